The standard InChI is InChI=1S/C15H9BrClF4NO/c16-11-5-4-8(6-10(11)15(19,20)21)22-14(23)7-9-12(17)2-1-3-13(9)18/h1-6H,7H2,(H,22,23). The number of amides is 1. The van der Waals surface area contributed by atoms with Crippen molar-refractivity contribution in [2.45, 2.75) is 12.6 Å². The molecular weight excluding hydrogens is 402 g/mol. The summed E-state index contributed by atoms with van der Waals surface area (Å²) in [6.45, 7) is 0. The summed E-state index contributed by atoms with van der Waals surface area (Å²) in [5, 5.41) is 2.38. The smallest absolute Gasteiger partial charge is 0.326 e. The zero-order valence-corrected chi connectivity index (χ0v) is 13.7. The highest BCUT2D eigenvalue weighted by molar-refractivity contribution is 9.10. The lowest BCUT2D eigenvalue weighted by molar-refractivity contribution is -0.138. The number of hydrogen-bond donors (Lipinski definition) is 1. The van der Waals surface area contributed by atoms with Gasteiger partial charge in [0.25, 0.3) is 0 Å². The summed E-state index contributed by atoms with van der Waals surface area (Å²) in [4.78, 5) is 11.9. The van der Waals surface area contributed by atoms with E-state index in [0.29, 0.717) is 0 Å². The van der Waals surface area contributed by atoms with E-state index in [1.807, 2.05) is 0 Å². The van der Waals surface area contributed by atoms with Crippen molar-refractivity contribution in [3.05, 3.63) is 62.8 Å². The van der Waals surface area contributed by atoms with Gasteiger partial charge < -0.3 is 5.32 Å². The summed E-state index contributed by atoms with van der Waals surface area (Å²) in [5.74, 6) is -1.33. The zero-order valence-electron chi connectivity index (χ0n) is 11.3. The molecule has 23 heavy (non-hydrogen) atoms. The maximum atomic E-state index is 13.6. The van der Waals surface area contributed by atoms with Gasteiger partial charge in [-0.1, -0.05) is 33.6 Å². The van der Waals surface area contributed by atoms with Crippen molar-refractivity contribution in [3.8, 4) is 0 Å². The van der Waals surface area contributed by atoms with Crippen LogP contribution in [0.1, 0.15) is 11.1 Å². The summed E-state index contributed by atoms with van der Waals surface area (Å²) in [5.41, 5.74) is -0.975. The quantitative estimate of drug-likeness (QED) is 0.671. The van der Waals surface area contributed by atoms with E-state index in [1.54, 1.807) is 0 Å². The number of carbonyl (C=O) groups is 1. The van der Waals surface area contributed by atoms with Gasteiger partial charge in [0.2, 0.25) is 5.91 Å². The molecule has 0 radical (unpaired) electrons. The van der Waals surface area contributed by atoms with Crippen LogP contribution in [-0.4, -0.2) is 5.91 Å². The molecule has 122 valence electrons. The SMILES string of the molecule is O=C(Cc1c(F)cccc1Cl)Nc1ccc(Br)c(C(F)(F)F)c1. The molecule has 0 heterocycles. The molecule has 0 bridgehead atoms. The Labute approximate surface area is 142 Å². The van der Waals surface area contributed by atoms with E-state index in [-0.39, 0.29) is 27.2 Å². The van der Waals surface area contributed by atoms with Crippen LogP contribution in [0.25, 0.3) is 0 Å². The summed E-state index contributed by atoms with van der Waals surface area (Å²) >= 11 is 8.61. The lowest BCUT2D eigenvalue weighted by Crippen LogP contribution is -2.16. The molecular formula is C15H9BrClF4NO. The van der Waals surface area contributed by atoms with Crippen LogP contribution >= 0.6 is 27.5 Å². The van der Waals surface area contributed by atoms with Gasteiger partial charge in [0, 0.05) is 20.7 Å². The van der Waals surface area contributed by atoms with Crippen molar-refractivity contribution in [2.75, 3.05) is 5.32 Å². The normalized spacial score (nSPS) is 11.4. The summed E-state index contributed by atoms with van der Waals surface area (Å²) in [6.07, 6.45) is -4.95. The minimum Gasteiger partial charge on any atom is -0.326 e. The van der Waals surface area contributed by atoms with Crippen molar-refractivity contribution in [1.29, 1.82) is 0 Å². The van der Waals surface area contributed by atoms with Gasteiger partial charge in [0.1, 0.15) is 5.82 Å². The first-order valence-electron chi connectivity index (χ1n) is 6.28. The first kappa shape index (κ1) is 17.7. The number of carbonyl (C=O) groups excluding carboxylic acids is 1. The van der Waals surface area contributed by atoms with Crippen molar-refractivity contribution < 1.29 is 22.4 Å². The molecule has 0 spiro atoms. The first-order valence-corrected chi connectivity index (χ1v) is 7.45. The third-order valence-corrected chi connectivity index (χ3v) is 4.00. The number of halogens is 6. The number of hydrogen-bond acceptors (Lipinski definition) is 1. The fourth-order valence-corrected chi connectivity index (χ4v) is 2.59. The van der Waals surface area contributed by atoms with E-state index in [2.05, 4.69) is 21.2 Å². The Morgan fingerprint density at radius 3 is 2.52 bits per heavy atom. The monoisotopic (exact) mass is 409 g/mol. The molecule has 2 nitrogen and oxygen atoms in total. The second kappa shape index (κ2) is 6.88. The Morgan fingerprint density at radius 2 is 1.91 bits per heavy atom. The number of rotatable bonds is 3. The summed E-state index contributed by atoms with van der Waals surface area (Å²) in [6, 6.07) is 7.24. The highest BCUT2D eigenvalue weighted by Crippen LogP contribution is 2.36. The van der Waals surface area contributed by atoms with Gasteiger partial charge in [-0.05, 0) is 30.3 Å². The number of benzene rings is 2. The van der Waals surface area contributed by atoms with Crippen LogP contribution in [0.15, 0.2) is 40.9 Å². The Balaban J connectivity index is 2.18. The predicted molar refractivity (Wildman–Crippen MR) is 82.9 cm³/mol. The van der Waals surface area contributed by atoms with E-state index in [4.69, 9.17) is 11.6 Å². The molecule has 0 aliphatic heterocycles. The van der Waals surface area contributed by atoms with Crippen molar-refractivity contribution in [1.82, 2.24) is 0 Å². The molecule has 1 N–H and O–H groups in total. The maximum Gasteiger partial charge on any atom is 0.417 e. The van der Waals surface area contributed by atoms with Crippen LogP contribution in [0, 0.1) is 5.82 Å². The molecule has 2 rings (SSSR count). The topological polar surface area (TPSA) is 29.1 Å². The highest BCUT2D eigenvalue weighted by Gasteiger charge is 2.33. The highest BCUT2D eigenvalue weighted by atomic mass is 79.9. The third-order valence-electron chi connectivity index (χ3n) is 2.95. The number of alkyl halides is 3. The Kier molecular flexibility index (Phi) is 5.31. The van der Waals surface area contributed by atoms with Crippen LogP contribution in [0.3, 0.4) is 0 Å². The molecule has 1 amide bonds. The van der Waals surface area contributed by atoms with Crippen LogP contribution < -0.4 is 5.32 Å². The minimum absolute atomic E-state index is 0.0141. The van der Waals surface area contributed by atoms with Gasteiger partial charge >= 0.3 is 6.18 Å². The van der Waals surface area contributed by atoms with Gasteiger partial charge in [-0.2, -0.15) is 13.2 Å². The number of nitrogens with one attached hydrogen (secondary N) is 1. The fraction of sp³-hybridized carbons (Fsp3) is 0.133. The molecule has 0 aliphatic rings. The molecule has 0 fully saturated rings. The molecule has 0 aliphatic carbocycles. The second-order valence-corrected chi connectivity index (χ2v) is 5.88. The Bertz CT molecular complexity index is 728. The van der Waals surface area contributed by atoms with Crippen LogP contribution in [0.4, 0.5) is 23.2 Å². The average Bonchev–Trinajstić information content (AvgIpc) is 2.44. The van der Waals surface area contributed by atoms with Crippen LogP contribution in [-0.2, 0) is 17.4 Å². The Hall–Kier alpha value is -1.60. The predicted octanol–water partition coefficient (Wildman–Crippen LogP) is 5.44. The summed E-state index contributed by atoms with van der Waals surface area (Å²) < 4.78 is 51.9. The average molecular weight is 411 g/mol. The second-order valence-electron chi connectivity index (χ2n) is 4.62. The summed E-state index contributed by atoms with van der Waals surface area (Å²) in [7, 11) is 0. The Morgan fingerprint density at radius 1 is 1.22 bits per heavy atom. The van der Waals surface area contributed by atoms with Gasteiger partial charge in [0.05, 0.1) is 12.0 Å². The minimum atomic E-state index is -4.56. The molecule has 0 atom stereocenters. The van der Waals surface area contributed by atoms with E-state index >= 15 is 0 Å². The third kappa shape index (κ3) is 4.45. The van der Waals surface area contributed by atoms with Gasteiger partial charge in [-0.25, -0.2) is 4.39 Å². The first-order chi connectivity index (χ1) is 10.7. The van der Waals surface area contributed by atoms with Gasteiger partial charge in [-0.15, -0.1) is 0 Å². The maximum absolute atomic E-state index is 13.6. The molecule has 2 aromatic carbocycles. The van der Waals surface area contributed by atoms with E-state index in [1.165, 1.54) is 24.3 Å². The lowest BCUT2D eigenvalue weighted by atomic mass is 10.1. The van der Waals surface area contributed by atoms with Crippen LogP contribution in [0.5, 0.6) is 0 Å². The van der Waals surface area contributed by atoms with E-state index < -0.39 is 23.5 Å². The van der Waals surface area contributed by atoms with E-state index in [0.717, 1.165) is 12.1 Å². The largest absolute Gasteiger partial charge is 0.417 e. The van der Waals surface area contributed by atoms with Crippen molar-refractivity contribution >= 4 is 39.1 Å². The fourth-order valence-electron chi connectivity index (χ4n) is 1.89. The van der Waals surface area contributed by atoms with Gasteiger partial charge in [0.15, 0.2) is 0 Å². The van der Waals surface area contributed by atoms with Crippen molar-refractivity contribution in [2.24, 2.45) is 0 Å². The van der Waals surface area contributed by atoms with E-state index in [9.17, 15) is 22.4 Å². The molecule has 8 heteroatoms. The lowest BCUT2D eigenvalue weighted by Gasteiger charge is -2.12. The molecule has 2 aromatic rings. The van der Waals surface area contributed by atoms with Gasteiger partial charge in [-0.3, -0.25) is 4.79 Å². The van der Waals surface area contributed by atoms with Crippen LogP contribution in [0.2, 0.25) is 5.02 Å². The molecule has 0 unspecified atom stereocenters. The number of anilines is 1. The zero-order chi connectivity index (χ0) is 17.2. The molecule has 0 aromatic heterocycles. The molecule has 0 saturated heterocycles. The molecule has 0 saturated carbocycles. The van der Waals surface area contributed by atoms with Crippen molar-refractivity contribution in [3.63, 3.8) is 0 Å².